The van der Waals surface area contributed by atoms with E-state index >= 15 is 0 Å². The molecule has 3 aliphatic heterocycles. The van der Waals surface area contributed by atoms with E-state index in [2.05, 4.69) is 25.8 Å². The molecule has 0 radical (unpaired) electrons. The highest BCUT2D eigenvalue weighted by Gasteiger charge is 2.57. The Labute approximate surface area is 291 Å². The van der Waals surface area contributed by atoms with Gasteiger partial charge in [0, 0.05) is 12.1 Å². The van der Waals surface area contributed by atoms with Crippen molar-refractivity contribution in [3.63, 3.8) is 0 Å². The molecular formula is C38H42N2O9Si. The highest BCUT2D eigenvalue weighted by Crippen LogP contribution is 2.45. The van der Waals surface area contributed by atoms with Crippen LogP contribution in [0.25, 0.3) is 22.6 Å². The summed E-state index contributed by atoms with van der Waals surface area (Å²) in [5.74, 6) is 0.364. The number of carbonyl (C=O) groups is 2. The summed E-state index contributed by atoms with van der Waals surface area (Å²) in [7, 11) is -0.373. The highest BCUT2D eigenvalue weighted by molar-refractivity contribution is 6.73. The number of β-lactam (4-membered cyclic amide) rings is 1. The molecule has 4 aliphatic rings. The first-order valence-corrected chi connectivity index (χ1v) is 19.5. The Morgan fingerprint density at radius 1 is 1.04 bits per heavy atom. The SMILES string of the molecule is CC[Si](CC)(CC)OC(C)[C@H]1C(=O)N2C(C(=O)O)=C(/C=C/COc3ccc(COc4ccc5nc6ccc(=O)cc-6oc5c4)cc3OC)C[C@H]12. The van der Waals surface area contributed by atoms with Gasteiger partial charge < -0.3 is 33.1 Å². The molecule has 50 heavy (non-hydrogen) atoms. The van der Waals surface area contributed by atoms with Crippen LogP contribution in [0.5, 0.6) is 17.2 Å². The van der Waals surface area contributed by atoms with Crippen LogP contribution >= 0.6 is 0 Å². The number of aromatic nitrogens is 1. The van der Waals surface area contributed by atoms with Crippen molar-refractivity contribution in [2.45, 2.75) is 71.0 Å². The predicted octanol–water partition coefficient (Wildman–Crippen LogP) is 6.80. The van der Waals surface area contributed by atoms with Crippen LogP contribution in [0.15, 0.2) is 87.2 Å². The number of fused-ring (bicyclic) bond motifs is 3. The highest BCUT2D eigenvalue weighted by atomic mass is 28.4. The van der Waals surface area contributed by atoms with E-state index in [0.29, 0.717) is 51.8 Å². The molecule has 1 fully saturated rings. The summed E-state index contributed by atoms with van der Waals surface area (Å²) < 4.78 is 30.0. The van der Waals surface area contributed by atoms with Crippen molar-refractivity contribution < 1.29 is 37.7 Å². The monoisotopic (exact) mass is 698 g/mol. The second-order valence-electron chi connectivity index (χ2n) is 12.7. The molecule has 0 bridgehead atoms. The van der Waals surface area contributed by atoms with Crippen molar-refractivity contribution in [3.8, 4) is 28.7 Å². The van der Waals surface area contributed by atoms with Gasteiger partial charge in [0.2, 0.25) is 5.91 Å². The van der Waals surface area contributed by atoms with Gasteiger partial charge in [-0.2, -0.15) is 0 Å². The van der Waals surface area contributed by atoms with Crippen molar-refractivity contribution >= 4 is 31.3 Å². The summed E-state index contributed by atoms with van der Waals surface area (Å²) in [4.78, 5) is 43.2. The van der Waals surface area contributed by atoms with Crippen LogP contribution in [0, 0.1) is 5.92 Å². The second kappa shape index (κ2) is 14.5. The number of ether oxygens (including phenoxy) is 3. The zero-order valence-corrected chi connectivity index (χ0v) is 29.9. The van der Waals surface area contributed by atoms with Crippen molar-refractivity contribution in [3.05, 3.63) is 93.8 Å². The maximum Gasteiger partial charge on any atom is 0.352 e. The maximum atomic E-state index is 13.2. The number of aliphatic carboxylic acids is 1. The van der Waals surface area contributed by atoms with Crippen molar-refractivity contribution in [1.29, 1.82) is 0 Å². The third kappa shape index (κ3) is 6.77. The number of nitrogens with zero attached hydrogens (tertiary/aromatic N) is 2. The number of carboxylic acids is 1. The smallest absolute Gasteiger partial charge is 0.352 e. The van der Waals surface area contributed by atoms with E-state index in [4.69, 9.17) is 23.1 Å². The first kappa shape index (κ1) is 34.9. The van der Waals surface area contributed by atoms with Crippen LogP contribution in [0.4, 0.5) is 0 Å². The molecular weight excluding hydrogens is 657 g/mol. The number of carboxylic acid groups (broad SMARTS) is 1. The first-order chi connectivity index (χ1) is 24.1. The molecule has 2 aromatic carbocycles. The lowest BCUT2D eigenvalue weighted by atomic mass is 9.83. The Hall–Kier alpha value is -4.94. The summed E-state index contributed by atoms with van der Waals surface area (Å²) in [5.41, 5.74) is 3.07. The number of rotatable bonds is 15. The van der Waals surface area contributed by atoms with Gasteiger partial charge in [0.25, 0.3) is 0 Å². The van der Waals surface area contributed by atoms with E-state index in [9.17, 15) is 19.5 Å². The van der Waals surface area contributed by atoms with Crippen LogP contribution in [-0.2, 0) is 20.6 Å². The molecule has 3 heterocycles. The van der Waals surface area contributed by atoms with E-state index < -0.39 is 14.3 Å². The number of hydrogen-bond acceptors (Lipinski definition) is 9. The van der Waals surface area contributed by atoms with Gasteiger partial charge in [-0.25, -0.2) is 9.78 Å². The molecule has 2 aromatic rings. The van der Waals surface area contributed by atoms with Crippen molar-refractivity contribution in [2.75, 3.05) is 13.7 Å². The van der Waals surface area contributed by atoms with Crippen LogP contribution in [0.2, 0.25) is 18.1 Å². The number of carbonyl (C=O) groups excluding carboxylic acids is 1. The minimum atomic E-state index is -1.93. The Balaban J connectivity index is 1.07. The average molecular weight is 699 g/mol. The molecule has 262 valence electrons. The molecule has 1 saturated heterocycles. The minimum absolute atomic E-state index is 0.0351. The fraction of sp³-hybridized carbons (Fsp3) is 0.368. The summed E-state index contributed by atoms with van der Waals surface area (Å²) in [6.45, 7) is 8.84. The van der Waals surface area contributed by atoms with E-state index in [-0.39, 0.29) is 48.3 Å². The summed E-state index contributed by atoms with van der Waals surface area (Å²) in [5, 5.41) is 10.0. The Morgan fingerprint density at radius 3 is 2.54 bits per heavy atom. The normalized spacial score (nSPS) is 18.1. The number of amides is 1. The fourth-order valence-corrected chi connectivity index (χ4v) is 9.93. The third-order valence-electron chi connectivity index (χ3n) is 9.93. The van der Waals surface area contributed by atoms with Crippen LogP contribution < -0.4 is 19.6 Å². The van der Waals surface area contributed by atoms with Gasteiger partial charge in [-0.3, -0.25) is 9.59 Å². The standard InChI is InChI=1S/C38H42N2O9Si/c1-6-50(7-2,8-3)49-23(4)35-30-19-25(36(38(43)44)40(30)37(35)42)10-9-17-46-31-16-11-24(18-34(31)45-5)22-47-27-13-15-29-33(21-27)48-32-20-26(41)12-14-28(32)39-29/h9-16,18,20-21,23,30,35H,6-8,17,19,22H2,1-5H3,(H,43,44)/b10-9+/t23?,30-,35-/m1/s1. The third-order valence-corrected chi connectivity index (χ3v) is 14.7. The zero-order chi connectivity index (χ0) is 35.6. The summed E-state index contributed by atoms with van der Waals surface area (Å²) in [6.07, 6.45) is 3.69. The van der Waals surface area contributed by atoms with Gasteiger partial charge in [-0.15, -0.1) is 0 Å². The fourth-order valence-electron chi connectivity index (χ4n) is 7.00. The molecule has 1 amide bonds. The van der Waals surface area contributed by atoms with E-state index in [1.807, 2.05) is 19.1 Å². The first-order valence-electron chi connectivity index (χ1n) is 17.0. The van der Waals surface area contributed by atoms with Crippen LogP contribution in [0.1, 0.15) is 39.7 Å². The molecule has 0 spiro atoms. The number of hydrogen-bond donors (Lipinski definition) is 1. The molecule has 1 N–H and O–H groups in total. The van der Waals surface area contributed by atoms with Gasteiger partial charge in [0.05, 0.1) is 25.2 Å². The summed E-state index contributed by atoms with van der Waals surface area (Å²) in [6, 6.07) is 18.1. The summed E-state index contributed by atoms with van der Waals surface area (Å²) >= 11 is 0. The molecule has 12 heteroatoms. The minimum Gasteiger partial charge on any atom is -0.493 e. The largest absolute Gasteiger partial charge is 0.493 e. The molecule has 3 atom stereocenters. The van der Waals surface area contributed by atoms with Gasteiger partial charge in [0.1, 0.15) is 35.9 Å². The van der Waals surface area contributed by atoms with Gasteiger partial charge in [-0.05, 0) is 85.1 Å². The second-order valence-corrected chi connectivity index (χ2v) is 17.4. The van der Waals surface area contributed by atoms with Crippen LogP contribution in [-0.4, -0.2) is 61.0 Å². The van der Waals surface area contributed by atoms with Crippen molar-refractivity contribution in [1.82, 2.24) is 9.88 Å². The Morgan fingerprint density at radius 2 is 1.82 bits per heavy atom. The van der Waals surface area contributed by atoms with Crippen molar-refractivity contribution in [2.24, 2.45) is 5.92 Å². The molecule has 1 aliphatic carbocycles. The van der Waals surface area contributed by atoms with E-state index in [0.717, 1.165) is 23.7 Å². The molecule has 0 saturated carbocycles. The Kier molecular flexibility index (Phi) is 10.1. The van der Waals surface area contributed by atoms with Gasteiger partial charge in [-0.1, -0.05) is 32.9 Å². The topological polar surface area (TPSA) is 138 Å². The van der Waals surface area contributed by atoms with E-state index in [1.54, 1.807) is 49.6 Å². The molecule has 6 rings (SSSR count). The zero-order valence-electron chi connectivity index (χ0n) is 28.9. The lowest BCUT2D eigenvalue weighted by molar-refractivity contribution is -0.160. The molecule has 1 unspecified atom stereocenters. The Bertz CT molecular complexity index is 1990. The van der Waals surface area contributed by atoms with Gasteiger partial charge in [0.15, 0.2) is 36.6 Å². The number of methoxy groups -OCH3 is 1. The number of benzene rings is 3. The lowest BCUT2D eigenvalue weighted by Crippen LogP contribution is -2.63. The maximum absolute atomic E-state index is 13.2. The molecule has 11 nitrogen and oxygen atoms in total. The van der Waals surface area contributed by atoms with Gasteiger partial charge >= 0.3 is 5.97 Å². The average Bonchev–Trinajstić information content (AvgIpc) is 3.45. The quantitative estimate of drug-likeness (QED) is 0.0802. The van der Waals surface area contributed by atoms with E-state index in [1.165, 1.54) is 17.0 Å². The lowest BCUT2D eigenvalue weighted by Gasteiger charge is -2.47. The number of allylic oxidation sites excluding steroid dienone is 1. The predicted molar refractivity (Wildman–Crippen MR) is 190 cm³/mol. The van der Waals surface area contributed by atoms with Crippen LogP contribution in [0.3, 0.4) is 0 Å². The molecule has 0 aromatic heterocycles.